The highest BCUT2D eigenvalue weighted by molar-refractivity contribution is 5.79. The molecule has 7 heteroatoms. The van der Waals surface area contributed by atoms with Crippen LogP contribution in [0.15, 0.2) is 24.3 Å². The van der Waals surface area contributed by atoms with Crippen LogP contribution < -0.4 is 11.1 Å². The van der Waals surface area contributed by atoms with E-state index in [0.29, 0.717) is 12.1 Å². The Hall–Kier alpha value is -1.60. The van der Waals surface area contributed by atoms with Crippen LogP contribution in [0.3, 0.4) is 0 Å². The number of rotatable bonds is 5. The fraction of sp³-hybridized carbons (Fsp3) is 0.650. The average molecular weight is 383 g/mol. The number of carbonyl (C=O) groups excluding carboxylic acids is 1. The highest BCUT2D eigenvalue weighted by atomic mass is 19.4. The monoisotopic (exact) mass is 383 g/mol. The Bertz CT molecular complexity index is 681. The third-order valence-corrected chi connectivity index (χ3v) is 6.09. The number of benzene rings is 1. The number of carbonyl (C=O) groups is 1. The molecule has 4 nitrogen and oxygen atoms in total. The second-order valence-electron chi connectivity index (χ2n) is 8.39. The lowest BCUT2D eigenvalue weighted by atomic mass is 9.79. The van der Waals surface area contributed by atoms with Crippen LogP contribution in [0.5, 0.6) is 0 Å². The van der Waals surface area contributed by atoms with Gasteiger partial charge in [0, 0.05) is 18.5 Å². The van der Waals surface area contributed by atoms with Crippen molar-refractivity contribution >= 4 is 5.91 Å². The number of nitrogens with zero attached hydrogens (tertiary/aromatic N) is 1. The van der Waals surface area contributed by atoms with Crippen molar-refractivity contribution in [1.29, 1.82) is 0 Å². The lowest BCUT2D eigenvalue weighted by Gasteiger charge is -2.30. The quantitative estimate of drug-likeness (QED) is 0.820. The number of halogens is 3. The van der Waals surface area contributed by atoms with Gasteiger partial charge in [-0.05, 0) is 69.3 Å². The van der Waals surface area contributed by atoms with E-state index in [0.717, 1.165) is 44.2 Å². The Morgan fingerprint density at radius 2 is 1.96 bits per heavy atom. The van der Waals surface area contributed by atoms with Crippen LogP contribution in [-0.2, 0) is 11.0 Å². The van der Waals surface area contributed by atoms with E-state index in [1.54, 1.807) is 6.07 Å². The van der Waals surface area contributed by atoms with Gasteiger partial charge in [0.1, 0.15) is 0 Å². The first-order valence-corrected chi connectivity index (χ1v) is 9.48. The summed E-state index contributed by atoms with van der Waals surface area (Å²) in [5.74, 6) is -0.151. The highest BCUT2D eigenvalue weighted by Gasteiger charge is 2.53. The molecule has 2 unspecified atom stereocenters. The molecule has 2 saturated carbocycles. The summed E-state index contributed by atoms with van der Waals surface area (Å²) >= 11 is 0. The van der Waals surface area contributed by atoms with Gasteiger partial charge in [-0.15, -0.1) is 0 Å². The van der Waals surface area contributed by atoms with Crippen LogP contribution in [0.2, 0.25) is 0 Å². The van der Waals surface area contributed by atoms with E-state index in [1.807, 2.05) is 19.0 Å². The largest absolute Gasteiger partial charge is 0.416 e. The van der Waals surface area contributed by atoms with Crippen molar-refractivity contribution in [3.05, 3.63) is 35.4 Å². The number of alkyl halides is 3. The van der Waals surface area contributed by atoms with Gasteiger partial charge < -0.3 is 16.0 Å². The topological polar surface area (TPSA) is 58.4 Å². The molecule has 0 bridgehead atoms. The van der Waals surface area contributed by atoms with E-state index < -0.39 is 17.8 Å². The molecule has 1 amide bonds. The van der Waals surface area contributed by atoms with E-state index >= 15 is 0 Å². The van der Waals surface area contributed by atoms with Gasteiger partial charge in [0.25, 0.3) is 0 Å². The molecule has 0 aliphatic heterocycles. The number of amides is 1. The lowest BCUT2D eigenvalue weighted by Crippen LogP contribution is -2.40. The van der Waals surface area contributed by atoms with Crippen LogP contribution in [0.4, 0.5) is 13.2 Å². The molecule has 1 aromatic rings. The molecular formula is C20H28F3N3O. The number of nitrogens with two attached hydrogens (primary N) is 1. The summed E-state index contributed by atoms with van der Waals surface area (Å²) in [6, 6.07) is 5.02. The minimum absolute atomic E-state index is 0.0664. The van der Waals surface area contributed by atoms with Crippen molar-refractivity contribution in [3.63, 3.8) is 0 Å². The third-order valence-electron chi connectivity index (χ3n) is 6.09. The molecule has 3 rings (SSSR count). The summed E-state index contributed by atoms with van der Waals surface area (Å²) < 4.78 is 39.1. The Balaban J connectivity index is 1.69. The van der Waals surface area contributed by atoms with Crippen molar-refractivity contribution in [2.45, 2.75) is 50.4 Å². The van der Waals surface area contributed by atoms with E-state index in [4.69, 9.17) is 5.73 Å². The summed E-state index contributed by atoms with van der Waals surface area (Å²) in [5, 5.41) is 2.99. The first kappa shape index (κ1) is 20.1. The minimum Gasteiger partial charge on any atom is -0.348 e. The standard InChI is InChI=1S/C20H28F3N3O/c1-26(2)12-16(14-4-3-5-15(10-14)20(21,22)23)25-18(27)13-6-8-19(9-7-13)11-17(19)24/h3-5,10,13,16-17H,6-9,11-12,24H2,1-2H3,(H,25,27). The number of likely N-dealkylation sites (N-methyl/N-ethyl adjacent to an activating group) is 1. The Morgan fingerprint density at radius 1 is 1.33 bits per heavy atom. The van der Waals surface area contributed by atoms with Gasteiger partial charge in [-0.25, -0.2) is 0 Å². The zero-order chi connectivity index (χ0) is 19.8. The van der Waals surface area contributed by atoms with E-state index in [9.17, 15) is 18.0 Å². The van der Waals surface area contributed by atoms with Crippen molar-refractivity contribution in [3.8, 4) is 0 Å². The van der Waals surface area contributed by atoms with Crippen LogP contribution in [0.1, 0.15) is 49.3 Å². The molecule has 0 heterocycles. The van der Waals surface area contributed by atoms with Gasteiger partial charge in [0.05, 0.1) is 11.6 Å². The molecule has 1 spiro atoms. The van der Waals surface area contributed by atoms with Crippen molar-refractivity contribution < 1.29 is 18.0 Å². The number of nitrogens with one attached hydrogen (secondary N) is 1. The Morgan fingerprint density at radius 3 is 2.48 bits per heavy atom. The molecule has 0 radical (unpaired) electrons. The van der Waals surface area contributed by atoms with Crippen LogP contribution in [0.25, 0.3) is 0 Å². The first-order chi connectivity index (χ1) is 12.6. The van der Waals surface area contributed by atoms with E-state index in [2.05, 4.69) is 5.32 Å². The lowest BCUT2D eigenvalue weighted by molar-refractivity contribution is -0.137. The van der Waals surface area contributed by atoms with Crippen molar-refractivity contribution in [1.82, 2.24) is 10.2 Å². The minimum atomic E-state index is -4.40. The average Bonchev–Trinajstić information content (AvgIpc) is 3.22. The molecule has 150 valence electrons. The second kappa shape index (κ2) is 7.43. The number of hydrogen-bond donors (Lipinski definition) is 2. The molecule has 2 aliphatic carbocycles. The summed E-state index contributed by atoms with van der Waals surface area (Å²) in [7, 11) is 3.68. The maximum absolute atomic E-state index is 13.0. The molecule has 2 atom stereocenters. The molecular weight excluding hydrogens is 355 g/mol. The van der Waals surface area contributed by atoms with E-state index in [1.165, 1.54) is 6.07 Å². The predicted molar refractivity (Wildman–Crippen MR) is 97.9 cm³/mol. The van der Waals surface area contributed by atoms with Gasteiger partial charge in [-0.1, -0.05) is 12.1 Å². The molecule has 2 fully saturated rings. The summed E-state index contributed by atoms with van der Waals surface area (Å²) in [5.41, 5.74) is 6.05. The molecule has 27 heavy (non-hydrogen) atoms. The smallest absolute Gasteiger partial charge is 0.348 e. The fourth-order valence-corrected chi connectivity index (χ4v) is 4.23. The van der Waals surface area contributed by atoms with Crippen LogP contribution in [0, 0.1) is 11.3 Å². The van der Waals surface area contributed by atoms with Gasteiger partial charge in [-0.2, -0.15) is 13.2 Å². The van der Waals surface area contributed by atoms with Gasteiger partial charge in [0.2, 0.25) is 5.91 Å². The van der Waals surface area contributed by atoms with Gasteiger partial charge in [0.15, 0.2) is 0 Å². The van der Waals surface area contributed by atoms with Crippen LogP contribution >= 0.6 is 0 Å². The normalized spacial score (nSPS) is 29.0. The van der Waals surface area contributed by atoms with Gasteiger partial charge in [-0.3, -0.25) is 4.79 Å². The summed E-state index contributed by atoms with van der Waals surface area (Å²) in [6.45, 7) is 0.439. The number of hydrogen-bond acceptors (Lipinski definition) is 3. The Labute approximate surface area is 158 Å². The van der Waals surface area contributed by atoms with Gasteiger partial charge >= 0.3 is 6.18 Å². The zero-order valence-corrected chi connectivity index (χ0v) is 15.9. The third kappa shape index (κ3) is 4.63. The molecule has 3 N–H and O–H groups in total. The maximum atomic E-state index is 13.0. The van der Waals surface area contributed by atoms with Crippen molar-refractivity contribution in [2.24, 2.45) is 17.1 Å². The fourth-order valence-electron chi connectivity index (χ4n) is 4.23. The molecule has 1 aromatic carbocycles. The second-order valence-corrected chi connectivity index (χ2v) is 8.39. The molecule has 2 aliphatic rings. The maximum Gasteiger partial charge on any atom is 0.416 e. The summed E-state index contributed by atoms with van der Waals surface area (Å²) in [6.07, 6.45) is 0.189. The summed E-state index contributed by atoms with van der Waals surface area (Å²) in [4.78, 5) is 14.6. The SMILES string of the molecule is CN(C)CC(NC(=O)C1CCC2(CC1)CC2N)c1cccc(C(F)(F)F)c1. The highest BCUT2D eigenvalue weighted by Crippen LogP contribution is 2.56. The first-order valence-electron chi connectivity index (χ1n) is 9.48. The van der Waals surface area contributed by atoms with E-state index in [-0.39, 0.29) is 23.3 Å². The molecule has 0 aromatic heterocycles. The molecule has 0 saturated heterocycles. The van der Waals surface area contributed by atoms with Crippen LogP contribution in [-0.4, -0.2) is 37.5 Å². The Kier molecular flexibility index (Phi) is 5.54. The zero-order valence-electron chi connectivity index (χ0n) is 15.9. The van der Waals surface area contributed by atoms with Crippen molar-refractivity contribution in [2.75, 3.05) is 20.6 Å². The predicted octanol–water partition coefficient (Wildman–Crippen LogP) is 3.33.